The number of hydrogen-bond acceptors (Lipinski definition) is 2. The molecule has 1 N–H and O–H groups in total. The van der Waals surface area contributed by atoms with Gasteiger partial charge in [-0.1, -0.05) is 5.10 Å². The lowest BCUT2D eigenvalue weighted by Gasteiger charge is -1.49. The standard InChI is InChI=1S/C3H3N4/c4-6-3-1-2-5-7-3/h1-2H,(H,5,7)/q+1. The molecule has 0 saturated carbocycles. The molecule has 4 nitrogen and oxygen atoms in total. The number of nitrogens with zero attached hydrogens (tertiary/aromatic N) is 3. The fraction of sp³-hybridized carbons (Fsp3) is 0. The summed E-state index contributed by atoms with van der Waals surface area (Å²) in [6.45, 7) is 0. The first-order chi connectivity index (χ1) is 3.43. The van der Waals surface area contributed by atoms with Crippen LogP contribution in [0.4, 0.5) is 5.82 Å². The van der Waals surface area contributed by atoms with Crippen molar-refractivity contribution in [3.63, 3.8) is 0 Å². The molecule has 0 amide bonds. The molecule has 0 radical (unpaired) electrons. The van der Waals surface area contributed by atoms with Crippen molar-refractivity contribution < 1.29 is 0 Å². The first-order valence-electron chi connectivity index (χ1n) is 1.78. The third-order valence-corrected chi connectivity index (χ3v) is 0.594. The third kappa shape index (κ3) is 0.550. The van der Waals surface area contributed by atoms with Crippen LogP contribution in [0.15, 0.2) is 12.3 Å². The van der Waals surface area contributed by atoms with E-state index in [9.17, 15) is 0 Å². The lowest BCUT2D eigenvalue weighted by molar-refractivity contribution is 1.10. The van der Waals surface area contributed by atoms with E-state index in [4.69, 9.17) is 5.39 Å². The zero-order valence-electron chi connectivity index (χ0n) is 3.50. The minimum Gasteiger partial charge on any atom is -0.131 e. The first-order valence-corrected chi connectivity index (χ1v) is 1.78. The van der Waals surface area contributed by atoms with Gasteiger partial charge in [0.25, 0.3) is 0 Å². The molecule has 0 aliphatic heterocycles. The Morgan fingerprint density at radius 1 is 1.86 bits per heavy atom. The minimum absolute atomic E-state index is 0.375. The van der Waals surface area contributed by atoms with E-state index in [1.807, 2.05) is 0 Å². The molecule has 0 aliphatic carbocycles. The summed E-state index contributed by atoms with van der Waals surface area (Å²) in [5.74, 6) is 0.375. The van der Waals surface area contributed by atoms with Crippen LogP contribution in [0.5, 0.6) is 0 Å². The lowest BCUT2D eigenvalue weighted by atomic mass is 10.7. The maximum atomic E-state index is 7.98. The van der Waals surface area contributed by atoms with Crippen molar-refractivity contribution >= 4 is 5.82 Å². The van der Waals surface area contributed by atoms with Crippen LogP contribution < -0.4 is 0 Å². The van der Waals surface area contributed by atoms with Gasteiger partial charge < -0.3 is 0 Å². The Kier molecular flexibility index (Phi) is 0.755. The fourth-order valence-electron chi connectivity index (χ4n) is 0.304. The zero-order chi connectivity index (χ0) is 5.11. The van der Waals surface area contributed by atoms with E-state index < -0.39 is 0 Å². The smallest absolute Gasteiger partial charge is 0.131 e. The molecule has 0 unspecified atom stereocenters. The Labute approximate surface area is 39.8 Å². The van der Waals surface area contributed by atoms with Crippen molar-refractivity contribution in [1.29, 1.82) is 5.39 Å². The second-order valence-corrected chi connectivity index (χ2v) is 1.04. The Morgan fingerprint density at radius 2 is 2.71 bits per heavy atom. The number of aromatic nitrogens is 2. The summed E-state index contributed by atoms with van der Waals surface area (Å²) in [5, 5.41) is 13.9. The van der Waals surface area contributed by atoms with Crippen LogP contribution in [-0.2, 0) is 0 Å². The Morgan fingerprint density at radius 3 is 3.00 bits per heavy atom. The van der Waals surface area contributed by atoms with Crippen molar-refractivity contribution in [1.82, 2.24) is 10.2 Å². The van der Waals surface area contributed by atoms with E-state index >= 15 is 0 Å². The van der Waals surface area contributed by atoms with Crippen LogP contribution in [-0.4, -0.2) is 10.2 Å². The first kappa shape index (κ1) is 3.81. The number of aromatic amines is 1. The Bertz CT molecular complexity index is 169. The van der Waals surface area contributed by atoms with E-state index in [1.165, 1.54) is 6.20 Å². The zero-order valence-corrected chi connectivity index (χ0v) is 3.50. The highest BCUT2D eigenvalue weighted by Crippen LogP contribution is 2.00. The average Bonchev–Trinajstić information content (AvgIpc) is 2.14. The summed E-state index contributed by atoms with van der Waals surface area (Å²) in [4.78, 5) is 2.81. The summed E-state index contributed by atoms with van der Waals surface area (Å²) in [6.07, 6.45) is 1.51. The number of nitrogens with one attached hydrogen (secondary N) is 1. The molecule has 0 aromatic carbocycles. The van der Waals surface area contributed by atoms with Gasteiger partial charge in [-0.3, -0.25) is 0 Å². The molecule has 4 heteroatoms. The third-order valence-electron chi connectivity index (χ3n) is 0.594. The van der Waals surface area contributed by atoms with Crippen LogP contribution in [0.1, 0.15) is 0 Å². The van der Waals surface area contributed by atoms with Gasteiger partial charge in [0.15, 0.2) is 0 Å². The number of hydrogen-bond donors (Lipinski definition) is 1. The predicted molar refractivity (Wildman–Crippen MR) is 23.3 cm³/mol. The fourth-order valence-corrected chi connectivity index (χ4v) is 0.304. The van der Waals surface area contributed by atoms with Crippen LogP contribution in [0.25, 0.3) is 4.98 Å². The van der Waals surface area contributed by atoms with Gasteiger partial charge in [-0.15, -0.1) is 5.10 Å². The van der Waals surface area contributed by atoms with Crippen molar-refractivity contribution in [2.45, 2.75) is 0 Å². The summed E-state index contributed by atoms with van der Waals surface area (Å²) in [7, 11) is 0. The number of H-pyrrole nitrogens is 1. The molecule has 0 spiro atoms. The van der Waals surface area contributed by atoms with Crippen LogP contribution in [0.3, 0.4) is 0 Å². The van der Waals surface area contributed by atoms with Crippen molar-refractivity contribution in [2.24, 2.45) is 0 Å². The number of diazo groups is 1. The van der Waals surface area contributed by atoms with Gasteiger partial charge >= 0.3 is 5.82 Å². The van der Waals surface area contributed by atoms with Gasteiger partial charge in [0.2, 0.25) is 0 Å². The minimum atomic E-state index is 0.375. The second kappa shape index (κ2) is 1.39. The number of rotatable bonds is 0. The molecule has 0 fully saturated rings. The Hall–Kier alpha value is -1.37. The van der Waals surface area contributed by atoms with E-state index in [0.717, 1.165) is 0 Å². The highest BCUT2D eigenvalue weighted by atomic mass is 15.2. The maximum Gasteiger partial charge on any atom is 0.443 e. The van der Waals surface area contributed by atoms with E-state index in [-0.39, 0.29) is 0 Å². The summed E-state index contributed by atoms with van der Waals surface area (Å²) in [6, 6.07) is 1.56. The quantitative estimate of drug-likeness (QED) is 0.486. The van der Waals surface area contributed by atoms with Crippen molar-refractivity contribution in [2.75, 3.05) is 0 Å². The van der Waals surface area contributed by atoms with E-state index in [2.05, 4.69) is 15.2 Å². The molecule has 0 saturated heterocycles. The topological polar surface area (TPSA) is 56.8 Å². The molecule has 0 bridgehead atoms. The largest absolute Gasteiger partial charge is 0.443 e. The van der Waals surface area contributed by atoms with Crippen LogP contribution >= 0.6 is 0 Å². The molecule has 1 aromatic heterocycles. The second-order valence-electron chi connectivity index (χ2n) is 1.04. The van der Waals surface area contributed by atoms with Gasteiger partial charge in [0.1, 0.15) is 0 Å². The summed E-state index contributed by atoms with van der Waals surface area (Å²) in [5.41, 5.74) is 0. The van der Waals surface area contributed by atoms with Crippen molar-refractivity contribution in [3.8, 4) is 0 Å². The molecule has 7 heavy (non-hydrogen) atoms. The molecular weight excluding hydrogens is 92.1 g/mol. The molecule has 1 aromatic rings. The molecule has 1 heterocycles. The van der Waals surface area contributed by atoms with Gasteiger partial charge in [0.05, 0.1) is 17.7 Å². The van der Waals surface area contributed by atoms with Gasteiger partial charge in [-0.25, -0.2) is 0 Å². The Balaban J connectivity index is 3.04. The van der Waals surface area contributed by atoms with Crippen LogP contribution in [0.2, 0.25) is 0 Å². The van der Waals surface area contributed by atoms with Gasteiger partial charge in [0, 0.05) is 4.98 Å². The van der Waals surface area contributed by atoms with Gasteiger partial charge in [-0.2, -0.15) is 0 Å². The SMILES string of the molecule is N#[N+]c1ccn[nH]1. The summed E-state index contributed by atoms with van der Waals surface area (Å²) < 4.78 is 0. The molecular formula is C3H3N4+. The van der Waals surface area contributed by atoms with Gasteiger partial charge in [-0.05, 0) is 0 Å². The highest BCUT2D eigenvalue weighted by molar-refractivity contribution is 5.30. The maximum absolute atomic E-state index is 7.98. The lowest BCUT2D eigenvalue weighted by Crippen LogP contribution is -1.57. The van der Waals surface area contributed by atoms with Crippen molar-refractivity contribution in [3.05, 3.63) is 17.2 Å². The average molecular weight is 95.1 g/mol. The van der Waals surface area contributed by atoms with E-state index in [1.54, 1.807) is 6.07 Å². The normalized spacial score (nSPS) is 7.86. The highest BCUT2D eigenvalue weighted by Gasteiger charge is 1.96. The predicted octanol–water partition coefficient (Wildman–Crippen LogP) is 0.894. The molecule has 0 atom stereocenters. The van der Waals surface area contributed by atoms with E-state index in [0.29, 0.717) is 5.82 Å². The molecule has 0 aliphatic rings. The summed E-state index contributed by atoms with van der Waals surface area (Å²) >= 11 is 0. The van der Waals surface area contributed by atoms with Crippen LogP contribution in [0, 0.1) is 5.39 Å². The molecule has 34 valence electrons. The molecule has 1 rings (SSSR count). The monoisotopic (exact) mass is 95.0 g/mol.